The second-order valence-electron chi connectivity index (χ2n) is 2.52. The van der Waals surface area contributed by atoms with E-state index < -0.39 is 22.6 Å². The van der Waals surface area contributed by atoms with E-state index in [1.165, 1.54) is 13.2 Å². The second kappa shape index (κ2) is 6.32. The van der Waals surface area contributed by atoms with Crippen molar-refractivity contribution < 1.29 is 41.8 Å². The molecule has 0 radical (unpaired) electrons. The number of rotatable bonds is 2. The fourth-order valence-corrected chi connectivity index (χ4v) is 0.821. The third-order valence-corrected chi connectivity index (χ3v) is 1.34. The molecule has 4 N–H and O–H groups in total. The summed E-state index contributed by atoms with van der Waals surface area (Å²) in [5.74, 6) is -0.581. The Balaban J connectivity index is 0.000000385. The molecule has 7 nitrogen and oxygen atoms in total. The Morgan fingerprint density at radius 2 is 1.81 bits per heavy atom. The summed E-state index contributed by atoms with van der Waals surface area (Å²) in [6, 6.07) is 6.50. The molecule has 0 atom stereocenters. The number of hydrogen-bond acceptors (Lipinski definition) is 4. The minimum absolute atomic E-state index is 0.190. The van der Waals surface area contributed by atoms with E-state index in [-0.39, 0.29) is 5.56 Å². The number of carboxylic acids is 1. The zero-order valence-electron chi connectivity index (χ0n) is 8.32. The van der Waals surface area contributed by atoms with Gasteiger partial charge in [-0.15, -0.1) is 0 Å². The summed E-state index contributed by atoms with van der Waals surface area (Å²) in [4.78, 5) is 10.5. The fraction of sp³-hybridized carbons (Fsp3) is 0.125. The number of para-hydroxylation sites is 1. The van der Waals surface area contributed by atoms with Crippen molar-refractivity contribution in [3.63, 3.8) is 0 Å². The first-order valence-electron chi connectivity index (χ1n) is 3.87. The van der Waals surface area contributed by atoms with Crippen molar-refractivity contribution in [1.82, 2.24) is 0 Å². The van der Waals surface area contributed by atoms with E-state index in [0.717, 1.165) is 0 Å². The molecule has 0 unspecified atom stereocenters. The molecule has 0 aromatic heterocycles. The number of ether oxygens (including phenoxy) is 1. The molecule has 0 heterocycles. The van der Waals surface area contributed by atoms with Crippen molar-refractivity contribution in [3.05, 3.63) is 29.8 Å². The van der Waals surface area contributed by atoms with Crippen LogP contribution in [-0.2, 0) is 23.4 Å². The number of methoxy groups -OCH3 is 1. The Kier molecular flexibility index (Phi) is 5.80. The fourth-order valence-electron chi connectivity index (χ4n) is 0.821. The summed E-state index contributed by atoms with van der Waals surface area (Å²) in [7, 11) is 1.45. The van der Waals surface area contributed by atoms with Crippen molar-refractivity contribution in [2.24, 2.45) is 4.29 Å². The Hall–Kier alpha value is -1.30. The molecule has 0 saturated heterocycles. The summed E-state index contributed by atoms with van der Waals surface area (Å²) in [5, 5.41) is 8.62. The normalized spacial score (nSPS) is 9.94. The van der Waals surface area contributed by atoms with Gasteiger partial charge >= 0.3 is 37.4 Å². The average Bonchev–Trinajstić information content (AvgIpc) is 2.15. The molecular formula is C8H11MoNO6. The molecule has 1 aromatic rings. The van der Waals surface area contributed by atoms with E-state index in [1.54, 1.807) is 18.2 Å². The maximum absolute atomic E-state index is 10.5. The Morgan fingerprint density at radius 3 is 2.12 bits per heavy atom. The molecule has 0 amide bonds. The molecule has 0 aliphatic heterocycles. The first kappa shape index (κ1) is 14.7. The van der Waals surface area contributed by atoms with Crippen LogP contribution < -0.4 is 9.03 Å². The van der Waals surface area contributed by atoms with Gasteiger partial charge < -0.3 is 9.84 Å². The van der Waals surface area contributed by atoms with E-state index in [0.29, 0.717) is 5.75 Å². The van der Waals surface area contributed by atoms with Crippen LogP contribution in [0.25, 0.3) is 0 Å². The predicted octanol–water partition coefficient (Wildman–Crippen LogP) is 0.00570. The standard InChI is InChI=1S/C8H8O3.Mo.H2N.H2O.2O/c1-11-7-5-3-2-4-6(7)8(9)10;;;;;/h2-5H,1H3,(H,9,10);;2*1H2;;/q;+2;-1;;;/p-1. The number of carbonyl (C=O) groups is 1. The molecule has 0 bridgehead atoms. The van der Waals surface area contributed by atoms with E-state index in [9.17, 15) is 4.79 Å². The summed E-state index contributed by atoms with van der Waals surface area (Å²) in [6.45, 7) is 0. The zero-order chi connectivity index (χ0) is 12.8. The van der Waals surface area contributed by atoms with Gasteiger partial charge in [0.25, 0.3) is 0 Å². The van der Waals surface area contributed by atoms with Crippen molar-refractivity contribution in [2.75, 3.05) is 7.11 Å². The monoisotopic (exact) mass is 315 g/mol. The topological polar surface area (TPSA) is 127 Å². The Bertz CT molecular complexity index is 447. The maximum atomic E-state index is 10.5. The van der Waals surface area contributed by atoms with Gasteiger partial charge in [-0.1, -0.05) is 12.1 Å². The molecule has 0 fully saturated rings. The summed E-state index contributed by atoms with van der Waals surface area (Å²) in [5.41, 5.74) is 0.190. The summed E-state index contributed by atoms with van der Waals surface area (Å²) in [6.07, 6.45) is 0. The Labute approximate surface area is 95.0 Å². The van der Waals surface area contributed by atoms with E-state index in [2.05, 4.69) is 4.29 Å². The first-order chi connectivity index (χ1) is 7.25. The van der Waals surface area contributed by atoms with Crippen LogP contribution in [0.2, 0.25) is 0 Å². The van der Waals surface area contributed by atoms with Gasteiger partial charge in [-0.05, 0) is 12.1 Å². The molecule has 8 heteroatoms. The molecule has 1 aromatic carbocycles. The molecule has 90 valence electrons. The molecule has 0 aliphatic rings. The number of aromatic carboxylic acids is 1. The van der Waals surface area contributed by atoms with Crippen LogP contribution in [0.5, 0.6) is 5.75 Å². The first-order valence-corrected chi connectivity index (χ1v) is 7.56. The van der Waals surface area contributed by atoms with Crippen LogP contribution in [0.3, 0.4) is 0 Å². The zero-order valence-corrected chi connectivity index (χ0v) is 10.3. The van der Waals surface area contributed by atoms with Crippen LogP contribution in [0.4, 0.5) is 0 Å². The molecule has 16 heavy (non-hydrogen) atoms. The van der Waals surface area contributed by atoms with Crippen LogP contribution in [0, 0.1) is 0 Å². The predicted molar refractivity (Wildman–Crippen MR) is 47.7 cm³/mol. The third kappa shape index (κ3) is 7.05. The summed E-state index contributed by atoms with van der Waals surface area (Å²) < 4.78 is 34.3. The van der Waals surface area contributed by atoms with Crippen LogP contribution in [-0.4, -0.2) is 21.9 Å². The molecule has 0 aliphatic carbocycles. The van der Waals surface area contributed by atoms with Crippen LogP contribution in [0.15, 0.2) is 24.3 Å². The van der Waals surface area contributed by atoms with E-state index >= 15 is 0 Å². The van der Waals surface area contributed by atoms with Crippen LogP contribution >= 0.6 is 0 Å². The second-order valence-corrected chi connectivity index (χ2v) is 5.05. The Morgan fingerprint density at radius 1 is 1.38 bits per heavy atom. The van der Waals surface area contributed by atoms with Gasteiger partial charge in [-0.3, -0.25) is 0 Å². The van der Waals surface area contributed by atoms with Crippen molar-refractivity contribution in [2.45, 2.75) is 0 Å². The van der Waals surface area contributed by atoms with Gasteiger partial charge in [0.2, 0.25) is 0 Å². The number of nitrogens with two attached hydrogens (primary N) is 1. The minimum atomic E-state index is -5.02. The van der Waals surface area contributed by atoms with Crippen LogP contribution in [0.1, 0.15) is 10.4 Å². The molecular weight excluding hydrogens is 302 g/mol. The van der Waals surface area contributed by atoms with E-state index in [1.807, 2.05) is 0 Å². The molecule has 1 rings (SSSR count). The van der Waals surface area contributed by atoms with Crippen molar-refractivity contribution >= 4 is 5.97 Å². The van der Waals surface area contributed by atoms with Gasteiger partial charge in [-0.25, -0.2) is 4.79 Å². The number of carboxylic acid groups (broad SMARTS) is 1. The third-order valence-electron chi connectivity index (χ3n) is 1.34. The average molecular weight is 313 g/mol. The SMILES string of the molecule is COc1ccccc1C(=O)O.[NH2][Mo](=[O])(=[O])[OH]. The van der Waals surface area contributed by atoms with E-state index in [4.69, 9.17) is 20.4 Å². The number of hydrogen-bond donors (Lipinski definition) is 3. The van der Waals surface area contributed by atoms with Gasteiger partial charge in [0.15, 0.2) is 0 Å². The van der Waals surface area contributed by atoms with Crippen molar-refractivity contribution in [3.8, 4) is 5.75 Å². The summed E-state index contributed by atoms with van der Waals surface area (Å²) >= 11 is -5.02. The van der Waals surface area contributed by atoms with Gasteiger partial charge in [-0.2, -0.15) is 0 Å². The molecule has 0 spiro atoms. The molecule has 0 saturated carbocycles. The van der Waals surface area contributed by atoms with Gasteiger partial charge in [0.05, 0.1) is 7.11 Å². The van der Waals surface area contributed by atoms with Gasteiger partial charge in [0.1, 0.15) is 11.3 Å². The quantitative estimate of drug-likeness (QED) is 0.656. The van der Waals surface area contributed by atoms with Crippen molar-refractivity contribution in [1.29, 1.82) is 0 Å². The van der Waals surface area contributed by atoms with Gasteiger partial charge in [0, 0.05) is 0 Å². The number of benzene rings is 1.